The zero-order valence-electron chi connectivity index (χ0n) is 17.0. The molecule has 0 aromatic rings. The van der Waals surface area contributed by atoms with Crippen LogP contribution < -0.4 is 0 Å². The van der Waals surface area contributed by atoms with Crippen molar-refractivity contribution in [2.75, 3.05) is 33.0 Å². The van der Waals surface area contributed by atoms with Crippen molar-refractivity contribution in [1.82, 2.24) is 0 Å². The highest BCUT2D eigenvalue weighted by Crippen LogP contribution is 2.63. The Kier molecular flexibility index (Phi) is 7.16. The minimum atomic E-state index is -3.71. The van der Waals surface area contributed by atoms with Crippen LogP contribution in [0.4, 0.5) is 0 Å². The first-order chi connectivity index (χ1) is 11.5. The minimum Gasteiger partial charge on any atom is -0.317 e. The van der Waals surface area contributed by atoms with E-state index < -0.39 is 18.0 Å². The SMILES string of the molecule is C.C=P12OCC(C(C)(C)C)(CO1)CO2.CC(C)(C)C1(C)COS(=O)(=O)OC1. The lowest BCUT2D eigenvalue weighted by atomic mass is 9.68. The van der Waals surface area contributed by atoms with Crippen LogP contribution in [0.5, 0.6) is 0 Å². The molecule has 4 saturated heterocycles. The molecule has 4 aliphatic rings. The molecule has 0 saturated carbocycles. The first-order valence-electron chi connectivity index (χ1n) is 8.74. The lowest BCUT2D eigenvalue weighted by Crippen LogP contribution is -2.52. The van der Waals surface area contributed by atoms with E-state index in [0.29, 0.717) is 0 Å². The average molecular weight is 429 g/mol. The van der Waals surface area contributed by atoms with Crippen LogP contribution in [-0.2, 0) is 32.3 Å². The molecule has 0 amide bonds. The Labute approximate surface area is 165 Å². The molecule has 0 N–H and O–H groups in total. The van der Waals surface area contributed by atoms with E-state index in [0.717, 1.165) is 19.8 Å². The third-order valence-corrected chi connectivity index (χ3v) is 8.44. The van der Waals surface area contributed by atoms with Gasteiger partial charge in [0.2, 0.25) is 0 Å². The van der Waals surface area contributed by atoms with Crippen molar-refractivity contribution < 1.29 is 30.4 Å². The molecule has 4 heterocycles. The Balaban J connectivity index is 0.000000260. The van der Waals surface area contributed by atoms with Gasteiger partial charge in [0.05, 0.1) is 33.0 Å². The molecule has 0 unspecified atom stereocenters. The Bertz CT molecular complexity index is 628. The van der Waals surface area contributed by atoms with Crippen LogP contribution in [0, 0.1) is 21.7 Å². The van der Waals surface area contributed by atoms with Gasteiger partial charge in [-0.05, 0) is 17.1 Å². The van der Waals surface area contributed by atoms with E-state index in [9.17, 15) is 8.42 Å². The largest absolute Gasteiger partial charge is 0.399 e. The quantitative estimate of drug-likeness (QED) is 0.533. The molecular weight excluding hydrogens is 391 g/mol. The Morgan fingerprint density at radius 2 is 1.19 bits per heavy atom. The molecule has 27 heavy (non-hydrogen) atoms. The monoisotopic (exact) mass is 428 g/mol. The van der Waals surface area contributed by atoms with E-state index in [-0.39, 0.29) is 42.3 Å². The highest BCUT2D eigenvalue weighted by molar-refractivity contribution is 7.81. The van der Waals surface area contributed by atoms with Gasteiger partial charge in [-0.1, -0.05) is 55.9 Å². The van der Waals surface area contributed by atoms with E-state index >= 15 is 0 Å². The van der Waals surface area contributed by atoms with Crippen LogP contribution in [0.25, 0.3) is 0 Å². The summed E-state index contributed by atoms with van der Waals surface area (Å²) in [6.45, 7) is 17.2. The molecule has 4 rings (SSSR count). The summed E-state index contributed by atoms with van der Waals surface area (Å²) in [5.74, 6) is 0. The molecule has 0 aliphatic carbocycles. The van der Waals surface area contributed by atoms with Crippen molar-refractivity contribution in [1.29, 1.82) is 0 Å². The third kappa shape index (κ3) is 5.35. The van der Waals surface area contributed by atoms with Crippen LogP contribution >= 0.6 is 7.57 Å². The Hall–Kier alpha value is 0.0500. The van der Waals surface area contributed by atoms with Gasteiger partial charge in [0.1, 0.15) is 0 Å². The second-order valence-corrected chi connectivity index (χ2v) is 13.0. The smallest absolute Gasteiger partial charge is 0.317 e. The fourth-order valence-electron chi connectivity index (χ4n) is 2.47. The lowest BCUT2D eigenvalue weighted by molar-refractivity contribution is -0.130. The summed E-state index contributed by atoms with van der Waals surface area (Å²) in [7, 11) is -5.85. The molecule has 0 spiro atoms. The van der Waals surface area contributed by atoms with Crippen LogP contribution in [0.3, 0.4) is 0 Å². The Morgan fingerprint density at radius 3 is 1.48 bits per heavy atom. The van der Waals surface area contributed by atoms with E-state index in [1.807, 2.05) is 27.7 Å². The second kappa shape index (κ2) is 7.71. The van der Waals surface area contributed by atoms with Gasteiger partial charge in [-0.2, -0.15) is 8.42 Å². The molecule has 4 fully saturated rings. The highest BCUT2D eigenvalue weighted by Gasteiger charge is 2.52. The van der Waals surface area contributed by atoms with E-state index in [4.69, 9.17) is 13.6 Å². The number of hydrogen-bond donors (Lipinski definition) is 0. The van der Waals surface area contributed by atoms with Crippen molar-refractivity contribution in [3.63, 3.8) is 0 Å². The molecular formula is C18H37O7PS. The summed E-state index contributed by atoms with van der Waals surface area (Å²) in [6.07, 6.45) is 3.84. The van der Waals surface area contributed by atoms with Crippen molar-refractivity contribution in [2.24, 2.45) is 21.7 Å². The number of rotatable bonds is 0. The first-order valence-corrected chi connectivity index (χ1v) is 11.8. The number of hydrogen-bond acceptors (Lipinski definition) is 7. The first kappa shape index (κ1) is 25.1. The third-order valence-electron chi connectivity index (χ3n) is 6.06. The fraction of sp³-hybridized carbons (Fsp3) is 0.944. The van der Waals surface area contributed by atoms with Gasteiger partial charge in [0, 0.05) is 10.8 Å². The zero-order chi connectivity index (χ0) is 20.1. The van der Waals surface area contributed by atoms with Crippen molar-refractivity contribution >= 4 is 24.3 Å². The van der Waals surface area contributed by atoms with Gasteiger partial charge in [-0.15, -0.1) is 0 Å². The van der Waals surface area contributed by atoms with Gasteiger partial charge in [-0.25, -0.2) is 8.37 Å². The van der Waals surface area contributed by atoms with Gasteiger partial charge in [0.15, 0.2) is 0 Å². The molecule has 0 aromatic heterocycles. The predicted octanol–water partition coefficient (Wildman–Crippen LogP) is 4.26. The predicted molar refractivity (Wildman–Crippen MR) is 109 cm³/mol. The number of fused-ring (bicyclic) bond motifs is 3. The minimum absolute atomic E-state index is 0. The summed E-state index contributed by atoms with van der Waals surface area (Å²) in [5, 5.41) is 0. The van der Waals surface area contributed by atoms with Crippen LogP contribution in [0.1, 0.15) is 55.9 Å². The Morgan fingerprint density at radius 1 is 0.815 bits per heavy atom. The molecule has 2 bridgehead atoms. The molecule has 0 atom stereocenters. The highest BCUT2D eigenvalue weighted by atomic mass is 32.3. The van der Waals surface area contributed by atoms with Gasteiger partial charge >= 0.3 is 10.4 Å². The second-order valence-electron chi connectivity index (χ2n) is 9.70. The summed E-state index contributed by atoms with van der Waals surface area (Å²) in [6, 6.07) is 0. The molecule has 9 heteroatoms. The van der Waals surface area contributed by atoms with E-state index in [1.54, 1.807) is 0 Å². The standard InChI is InChI=1S/C9H17O3P.C8H16O4S.CH4/c1-8(2,3)9-5-10-13(4,11-6-9)12-7-9;1-7(2,3)8(4)5-11-13(9,10)12-6-8;/h4-7H2,1-3H3;5-6H2,1-4H3;1H4. The van der Waals surface area contributed by atoms with Crippen LogP contribution in [0.2, 0.25) is 0 Å². The summed E-state index contributed by atoms with van der Waals surface area (Å²) >= 11 is 0. The van der Waals surface area contributed by atoms with Crippen molar-refractivity contribution in [3.05, 3.63) is 0 Å². The summed E-state index contributed by atoms with van der Waals surface area (Å²) in [4.78, 5) is 0. The normalized spacial score (nSPS) is 34.8. The maximum absolute atomic E-state index is 10.8. The average Bonchev–Trinajstić information content (AvgIpc) is 2.50. The zero-order valence-corrected chi connectivity index (χ0v) is 18.7. The van der Waals surface area contributed by atoms with E-state index in [2.05, 4.69) is 35.4 Å². The van der Waals surface area contributed by atoms with Gasteiger partial charge < -0.3 is 13.6 Å². The molecule has 4 aliphatic heterocycles. The maximum atomic E-state index is 10.8. The lowest BCUT2D eigenvalue weighted by Gasteiger charge is -2.53. The molecule has 0 radical (unpaired) electrons. The van der Waals surface area contributed by atoms with E-state index in [1.165, 1.54) is 0 Å². The maximum Gasteiger partial charge on any atom is 0.399 e. The summed E-state index contributed by atoms with van der Waals surface area (Å²) < 4.78 is 47.6. The van der Waals surface area contributed by atoms with Crippen LogP contribution in [0.15, 0.2) is 0 Å². The summed E-state index contributed by atoms with van der Waals surface area (Å²) in [5.41, 5.74) is -0.119. The fourth-order valence-corrected chi connectivity index (χ4v) is 4.90. The van der Waals surface area contributed by atoms with Gasteiger partial charge in [-0.3, -0.25) is 0 Å². The van der Waals surface area contributed by atoms with Gasteiger partial charge in [0.25, 0.3) is 7.57 Å². The van der Waals surface area contributed by atoms with Crippen molar-refractivity contribution in [3.8, 4) is 0 Å². The molecule has 7 nitrogen and oxygen atoms in total. The van der Waals surface area contributed by atoms with Crippen LogP contribution in [-0.4, -0.2) is 47.8 Å². The molecule has 162 valence electrons. The molecule has 0 aromatic carbocycles. The topological polar surface area (TPSA) is 80.3 Å². The van der Waals surface area contributed by atoms with Crippen molar-refractivity contribution in [2.45, 2.75) is 55.9 Å².